The van der Waals surface area contributed by atoms with Gasteiger partial charge < -0.3 is 10.5 Å². The number of nitrogens with two attached hydrogens (primary N) is 1. The van der Waals surface area contributed by atoms with Gasteiger partial charge in [0.2, 0.25) is 0 Å². The minimum Gasteiger partial charge on any atom is -0.495 e. The molecule has 0 saturated heterocycles. The van der Waals surface area contributed by atoms with E-state index in [4.69, 9.17) is 10.5 Å². The molecule has 112 valence electrons. The number of methoxy groups -OCH3 is 1. The van der Waals surface area contributed by atoms with Gasteiger partial charge in [0, 0.05) is 5.56 Å². The normalized spacial score (nSPS) is 10.7. The van der Waals surface area contributed by atoms with E-state index in [2.05, 4.69) is 10.3 Å². The lowest BCUT2D eigenvalue weighted by molar-refractivity contribution is 0.417. The Balaban J connectivity index is 1.96. The minimum atomic E-state index is -0.237. The molecule has 0 atom stereocenters. The van der Waals surface area contributed by atoms with Gasteiger partial charge in [0.1, 0.15) is 17.3 Å². The summed E-state index contributed by atoms with van der Waals surface area (Å²) >= 11 is 0. The van der Waals surface area contributed by atoms with Crippen molar-refractivity contribution in [2.24, 2.45) is 0 Å². The highest BCUT2D eigenvalue weighted by Crippen LogP contribution is 2.25. The largest absolute Gasteiger partial charge is 0.495 e. The van der Waals surface area contributed by atoms with Gasteiger partial charge in [0.05, 0.1) is 24.7 Å². The SMILES string of the molecule is COc1ccc(-n2cc(-c3ccc(F)c(C)c3)nn2)cc1N. The van der Waals surface area contributed by atoms with Gasteiger partial charge in [-0.25, -0.2) is 9.07 Å². The fraction of sp³-hybridized carbons (Fsp3) is 0.125. The number of aromatic nitrogens is 3. The fourth-order valence-electron chi connectivity index (χ4n) is 2.19. The number of benzene rings is 2. The van der Waals surface area contributed by atoms with E-state index in [-0.39, 0.29) is 5.82 Å². The zero-order valence-corrected chi connectivity index (χ0v) is 12.2. The molecule has 1 heterocycles. The number of ether oxygens (including phenoxy) is 1. The van der Waals surface area contributed by atoms with E-state index >= 15 is 0 Å². The molecule has 6 heteroatoms. The Hall–Kier alpha value is -2.89. The second kappa shape index (κ2) is 5.48. The summed E-state index contributed by atoms with van der Waals surface area (Å²) in [4.78, 5) is 0. The number of halogens is 1. The molecule has 3 aromatic rings. The van der Waals surface area contributed by atoms with Crippen LogP contribution < -0.4 is 10.5 Å². The van der Waals surface area contributed by atoms with Gasteiger partial charge in [-0.05, 0) is 48.9 Å². The Morgan fingerprint density at radius 1 is 1.18 bits per heavy atom. The molecule has 5 nitrogen and oxygen atoms in total. The molecule has 0 aliphatic heterocycles. The van der Waals surface area contributed by atoms with Crippen molar-refractivity contribution >= 4 is 5.69 Å². The molecule has 0 unspecified atom stereocenters. The van der Waals surface area contributed by atoms with E-state index in [1.54, 1.807) is 49.2 Å². The molecule has 0 saturated carbocycles. The van der Waals surface area contributed by atoms with Crippen molar-refractivity contribution in [2.75, 3.05) is 12.8 Å². The molecule has 1 aromatic heterocycles. The van der Waals surface area contributed by atoms with Gasteiger partial charge in [-0.3, -0.25) is 0 Å². The Bertz CT molecular complexity index is 829. The second-order valence-corrected chi connectivity index (χ2v) is 4.94. The molecular formula is C16H15FN4O. The number of aryl methyl sites for hydroxylation is 1. The Morgan fingerprint density at radius 2 is 2.00 bits per heavy atom. The summed E-state index contributed by atoms with van der Waals surface area (Å²) in [5.41, 5.74) is 9.24. The molecule has 3 rings (SSSR count). The molecule has 0 aliphatic carbocycles. The van der Waals surface area contributed by atoms with Gasteiger partial charge in [0.15, 0.2) is 0 Å². The van der Waals surface area contributed by atoms with E-state index in [0.29, 0.717) is 22.7 Å². The highest BCUT2D eigenvalue weighted by Gasteiger charge is 2.08. The van der Waals surface area contributed by atoms with Crippen LogP contribution >= 0.6 is 0 Å². The first-order valence-electron chi connectivity index (χ1n) is 6.71. The van der Waals surface area contributed by atoms with Gasteiger partial charge in [-0.15, -0.1) is 5.10 Å². The third-order valence-electron chi connectivity index (χ3n) is 3.42. The van der Waals surface area contributed by atoms with Crippen molar-refractivity contribution in [2.45, 2.75) is 6.92 Å². The third kappa shape index (κ3) is 2.50. The average molecular weight is 298 g/mol. The maximum absolute atomic E-state index is 13.3. The van der Waals surface area contributed by atoms with E-state index in [1.165, 1.54) is 6.07 Å². The van der Waals surface area contributed by atoms with Crippen molar-refractivity contribution in [1.29, 1.82) is 0 Å². The highest BCUT2D eigenvalue weighted by molar-refractivity contribution is 5.61. The molecule has 0 aliphatic rings. The monoisotopic (exact) mass is 298 g/mol. The standard InChI is InChI=1S/C16H15FN4O/c1-10-7-11(3-5-13(10)17)15-9-21(20-19-15)12-4-6-16(22-2)14(18)8-12/h3-9H,18H2,1-2H3. The number of anilines is 1. The summed E-state index contributed by atoms with van der Waals surface area (Å²) in [5.74, 6) is 0.373. The summed E-state index contributed by atoms with van der Waals surface area (Å²) < 4.78 is 20.1. The summed E-state index contributed by atoms with van der Waals surface area (Å²) in [6.07, 6.45) is 1.77. The van der Waals surface area contributed by atoms with Gasteiger partial charge in [-0.2, -0.15) is 0 Å². The maximum Gasteiger partial charge on any atom is 0.141 e. The van der Waals surface area contributed by atoms with E-state index in [1.807, 2.05) is 6.07 Å². The predicted octanol–water partition coefficient (Wildman–Crippen LogP) is 2.97. The summed E-state index contributed by atoms with van der Waals surface area (Å²) in [5, 5.41) is 8.21. The van der Waals surface area contributed by atoms with Crippen LogP contribution in [0.1, 0.15) is 5.56 Å². The summed E-state index contributed by atoms with van der Waals surface area (Å²) in [7, 11) is 1.57. The number of nitrogens with zero attached hydrogens (tertiary/aromatic N) is 3. The molecule has 0 spiro atoms. The Morgan fingerprint density at radius 3 is 2.68 bits per heavy atom. The molecule has 0 bridgehead atoms. The zero-order valence-electron chi connectivity index (χ0n) is 12.2. The van der Waals surface area contributed by atoms with Crippen LogP contribution in [0.25, 0.3) is 16.9 Å². The first kappa shape index (κ1) is 14.1. The summed E-state index contributed by atoms with van der Waals surface area (Å²) in [6, 6.07) is 10.2. The van der Waals surface area contributed by atoms with Crippen molar-refractivity contribution in [1.82, 2.24) is 15.0 Å². The van der Waals surface area contributed by atoms with Crippen molar-refractivity contribution in [3.8, 4) is 22.7 Å². The lowest BCUT2D eigenvalue weighted by Gasteiger charge is -2.06. The number of hydrogen-bond acceptors (Lipinski definition) is 4. The van der Waals surface area contributed by atoms with E-state index < -0.39 is 0 Å². The molecule has 0 fully saturated rings. The van der Waals surface area contributed by atoms with Crippen LogP contribution in [0, 0.1) is 12.7 Å². The quantitative estimate of drug-likeness (QED) is 0.755. The second-order valence-electron chi connectivity index (χ2n) is 4.94. The fourth-order valence-corrected chi connectivity index (χ4v) is 2.19. The van der Waals surface area contributed by atoms with E-state index in [0.717, 1.165) is 11.3 Å². The van der Waals surface area contributed by atoms with Gasteiger partial charge in [0.25, 0.3) is 0 Å². The van der Waals surface area contributed by atoms with Crippen LogP contribution in [0.3, 0.4) is 0 Å². The molecule has 0 radical (unpaired) electrons. The minimum absolute atomic E-state index is 0.237. The molecule has 2 aromatic carbocycles. The first-order valence-corrected chi connectivity index (χ1v) is 6.71. The molecule has 22 heavy (non-hydrogen) atoms. The molecular weight excluding hydrogens is 283 g/mol. The Kier molecular flexibility index (Phi) is 3.50. The van der Waals surface area contributed by atoms with Crippen LogP contribution in [-0.4, -0.2) is 22.1 Å². The van der Waals surface area contributed by atoms with Crippen molar-refractivity contribution in [3.63, 3.8) is 0 Å². The number of hydrogen-bond donors (Lipinski definition) is 1. The zero-order chi connectivity index (χ0) is 15.7. The number of nitrogen functional groups attached to an aromatic ring is 1. The Labute approximate surface area is 127 Å². The van der Waals surface area contributed by atoms with Gasteiger partial charge in [-0.1, -0.05) is 5.21 Å². The van der Waals surface area contributed by atoms with Crippen molar-refractivity contribution < 1.29 is 9.13 Å². The van der Waals surface area contributed by atoms with Crippen molar-refractivity contribution in [3.05, 3.63) is 54.0 Å². The molecule has 0 amide bonds. The third-order valence-corrected chi connectivity index (χ3v) is 3.42. The van der Waals surface area contributed by atoms with Crippen LogP contribution in [0.4, 0.5) is 10.1 Å². The first-order chi connectivity index (χ1) is 10.6. The van der Waals surface area contributed by atoms with E-state index in [9.17, 15) is 4.39 Å². The van der Waals surface area contributed by atoms with Crippen LogP contribution in [0.15, 0.2) is 42.6 Å². The van der Waals surface area contributed by atoms with Gasteiger partial charge >= 0.3 is 0 Å². The van der Waals surface area contributed by atoms with Crippen LogP contribution in [0.5, 0.6) is 5.75 Å². The van der Waals surface area contributed by atoms with Crippen LogP contribution in [-0.2, 0) is 0 Å². The molecule has 2 N–H and O–H groups in total. The maximum atomic E-state index is 13.3. The summed E-state index contributed by atoms with van der Waals surface area (Å²) in [6.45, 7) is 1.72. The smallest absolute Gasteiger partial charge is 0.141 e. The van der Waals surface area contributed by atoms with Crippen LogP contribution in [0.2, 0.25) is 0 Å². The average Bonchev–Trinajstić information content (AvgIpc) is 3.00. The topological polar surface area (TPSA) is 66.0 Å². The lowest BCUT2D eigenvalue weighted by Crippen LogP contribution is -1.98. The number of rotatable bonds is 3. The predicted molar refractivity (Wildman–Crippen MR) is 82.5 cm³/mol. The highest BCUT2D eigenvalue weighted by atomic mass is 19.1. The lowest BCUT2D eigenvalue weighted by atomic mass is 10.1.